The number of piperidine rings is 1. The number of fused-ring (bicyclic) bond motifs is 1. The van der Waals surface area contributed by atoms with Crippen molar-refractivity contribution in [3.8, 4) is 11.1 Å². The fraction of sp³-hybridized carbons (Fsp3) is 0.375. The Labute approximate surface area is 282 Å². The molecule has 0 aromatic heterocycles. The van der Waals surface area contributed by atoms with Gasteiger partial charge in [0.2, 0.25) is 17.7 Å². The number of piperazine rings is 1. The van der Waals surface area contributed by atoms with Crippen LogP contribution in [-0.4, -0.2) is 73.0 Å². The monoisotopic (exact) mass is 643 g/mol. The summed E-state index contributed by atoms with van der Waals surface area (Å²) in [6.07, 6.45) is 4.94. The first-order valence-electron chi connectivity index (χ1n) is 17.5. The highest BCUT2D eigenvalue weighted by molar-refractivity contribution is 5.98. The van der Waals surface area contributed by atoms with Crippen LogP contribution in [0.2, 0.25) is 0 Å². The molecule has 7 rings (SSSR count). The fourth-order valence-electron chi connectivity index (χ4n) is 7.16. The standard InChI is InChI=1S/C40H45N5O3/c46-37(25-42-34-16-17-34)45(26-28-18-20-41-21-19-28)36(24-27-10-13-32(14-11-27)30-6-2-1-3-7-30)38-40(48)43-35(39(47)44-38)23-29-12-15-31-8-4-5-9-33(31)22-29/h1-15,22,28,34-36,38,41-42H,16-21,23-26H2,(H,43,48)(H,44,47)/t35-,36?,38-/m0/s1. The van der Waals surface area contributed by atoms with Gasteiger partial charge in [-0.3, -0.25) is 14.4 Å². The Morgan fingerprint density at radius 3 is 2.19 bits per heavy atom. The molecule has 1 aliphatic carbocycles. The summed E-state index contributed by atoms with van der Waals surface area (Å²) < 4.78 is 0. The number of carbonyl (C=O) groups is 3. The molecule has 1 unspecified atom stereocenters. The van der Waals surface area contributed by atoms with Gasteiger partial charge in [0, 0.05) is 19.0 Å². The van der Waals surface area contributed by atoms with E-state index in [1.807, 2.05) is 41.3 Å². The van der Waals surface area contributed by atoms with Gasteiger partial charge in [-0.2, -0.15) is 0 Å². The normalized spacial score (nSPS) is 20.6. The number of hydrogen-bond acceptors (Lipinski definition) is 5. The summed E-state index contributed by atoms with van der Waals surface area (Å²) in [5.74, 6) is -0.166. The smallest absolute Gasteiger partial charge is 0.245 e. The second kappa shape index (κ2) is 14.7. The van der Waals surface area contributed by atoms with E-state index in [2.05, 4.69) is 81.9 Å². The number of nitrogens with one attached hydrogen (secondary N) is 4. The Morgan fingerprint density at radius 1 is 0.750 bits per heavy atom. The molecule has 248 valence electrons. The number of nitrogens with zero attached hydrogens (tertiary/aromatic N) is 1. The molecule has 3 aliphatic rings. The third-order valence-electron chi connectivity index (χ3n) is 10.1. The van der Waals surface area contributed by atoms with Crippen LogP contribution in [0.5, 0.6) is 0 Å². The maximum Gasteiger partial charge on any atom is 0.245 e. The average Bonchev–Trinajstić information content (AvgIpc) is 3.96. The lowest BCUT2D eigenvalue weighted by Crippen LogP contribution is -2.69. The van der Waals surface area contributed by atoms with Gasteiger partial charge in [-0.15, -0.1) is 0 Å². The summed E-state index contributed by atoms with van der Waals surface area (Å²) in [6, 6.07) is 31.1. The summed E-state index contributed by atoms with van der Waals surface area (Å²) in [7, 11) is 0. The van der Waals surface area contributed by atoms with E-state index < -0.39 is 18.1 Å². The highest BCUT2D eigenvalue weighted by Gasteiger charge is 2.42. The number of rotatable bonds is 12. The molecule has 3 atom stereocenters. The lowest BCUT2D eigenvalue weighted by molar-refractivity contribution is -0.142. The highest BCUT2D eigenvalue weighted by Crippen LogP contribution is 2.25. The van der Waals surface area contributed by atoms with Crippen molar-refractivity contribution in [1.29, 1.82) is 0 Å². The van der Waals surface area contributed by atoms with Crippen LogP contribution < -0.4 is 21.3 Å². The zero-order valence-corrected chi connectivity index (χ0v) is 27.4. The second-order valence-corrected chi connectivity index (χ2v) is 13.7. The summed E-state index contributed by atoms with van der Waals surface area (Å²) in [4.78, 5) is 43.7. The predicted molar refractivity (Wildman–Crippen MR) is 189 cm³/mol. The summed E-state index contributed by atoms with van der Waals surface area (Å²) in [5.41, 5.74) is 4.23. The summed E-state index contributed by atoms with van der Waals surface area (Å²) in [5, 5.41) is 15.2. The molecule has 2 heterocycles. The van der Waals surface area contributed by atoms with Crippen molar-refractivity contribution in [2.45, 2.75) is 62.7 Å². The Morgan fingerprint density at radius 2 is 1.44 bits per heavy atom. The number of amides is 3. The van der Waals surface area contributed by atoms with Crippen LogP contribution in [0.1, 0.15) is 36.8 Å². The van der Waals surface area contributed by atoms with Gasteiger partial charge in [0.1, 0.15) is 12.1 Å². The molecule has 1 saturated carbocycles. The van der Waals surface area contributed by atoms with E-state index in [1.54, 1.807) is 0 Å². The molecule has 3 fully saturated rings. The van der Waals surface area contributed by atoms with Gasteiger partial charge >= 0.3 is 0 Å². The van der Waals surface area contributed by atoms with E-state index in [4.69, 9.17) is 0 Å². The topological polar surface area (TPSA) is 103 Å². The molecular formula is C40H45N5O3. The van der Waals surface area contributed by atoms with E-state index in [9.17, 15) is 14.4 Å². The minimum Gasteiger partial charge on any atom is -0.342 e. The van der Waals surface area contributed by atoms with Crippen molar-refractivity contribution in [1.82, 2.24) is 26.2 Å². The minimum absolute atomic E-state index is 0.0216. The van der Waals surface area contributed by atoms with E-state index in [0.29, 0.717) is 31.3 Å². The molecule has 2 aliphatic heterocycles. The van der Waals surface area contributed by atoms with Crippen molar-refractivity contribution in [3.63, 3.8) is 0 Å². The first-order valence-corrected chi connectivity index (χ1v) is 17.5. The maximum absolute atomic E-state index is 14.1. The van der Waals surface area contributed by atoms with Crippen LogP contribution in [0.15, 0.2) is 97.1 Å². The summed E-state index contributed by atoms with van der Waals surface area (Å²) in [6.45, 7) is 2.61. The molecule has 2 saturated heterocycles. The van der Waals surface area contributed by atoms with Crippen LogP contribution >= 0.6 is 0 Å². The molecule has 8 heteroatoms. The van der Waals surface area contributed by atoms with E-state index in [1.165, 1.54) is 0 Å². The van der Waals surface area contributed by atoms with E-state index in [-0.39, 0.29) is 24.3 Å². The van der Waals surface area contributed by atoms with Gasteiger partial charge in [-0.05, 0) is 84.1 Å². The zero-order valence-electron chi connectivity index (χ0n) is 27.4. The van der Waals surface area contributed by atoms with Crippen molar-refractivity contribution < 1.29 is 14.4 Å². The Hall–Kier alpha value is -4.53. The molecule has 8 nitrogen and oxygen atoms in total. The van der Waals surface area contributed by atoms with Crippen LogP contribution in [0, 0.1) is 5.92 Å². The Kier molecular flexibility index (Phi) is 9.82. The third kappa shape index (κ3) is 7.77. The molecule has 0 spiro atoms. The van der Waals surface area contributed by atoms with Crippen LogP contribution in [0.3, 0.4) is 0 Å². The SMILES string of the molecule is O=C1N[C@@H](C(Cc2ccc(-c3ccccc3)cc2)N(CC2CCNCC2)C(=O)CNC2CC2)C(=O)N[C@H]1Cc1ccc2ccccc2c1. The molecule has 4 aromatic carbocycles. The number of benzene rings is 4. The third-order valence-corrected chi connectivity index (χ3v) is 10.1. The Balaban J connectivity index is 1.15. The number of carbonyl (C=O) groups excluding carboxylic acids is 3. The van der Waals surface area contributed by atoms with E-state index in [0.717, 1.165) is 71.8 Å². The molecule has 0 radical (unpaired) electrons. The molecule has 3 amide bonds. The van der Waals surface area contributed by atoms with Gasteiger partial charge in [-0.1, -0.05) is 97.1 Å². The lowest BCUT2D eigenvalue weighted by Gasteiger charge is -2.42. The molecular weight excluding hydrogens is 598 g/mol. The van der Waals surface area contributed by atoms with Crippen LogP contribution in [-0.2, 0) is 27.2 Å². The molecule has 0 bridgehead atoms. The number of hydrogen-bond donors (Lipinski definition) is 4. The first kappa shape index (κ1) is 32.0. The maximum atomic E-state index is 14.1. The minimum atomic E-state index is -0.870. The van der Waals surface area contributed by atoms with Gasteiger partial charge in [-0.25, -0.2) is 0 Å². The van der Waals surface area contributed by atoms with Crippen molar-refractivity contribution in [3.05, 3.63) is 108 Å². The summed E-state index contributed by atoms with van der Waals surface area (Å²) >= 11 is 0. The average molecular weight is 644 g/mol. The van der Waals surface area contributed by atoms with Crippen molar-refractivity contribution >= 4 is 28.5 Å². The quantitative estimate of drug-likeness (QED) is 0.185. The van der Waals surface area contributed by atoms with Crippen LogP contribution in [0.4, 0.5) is 0 Å². The van der Waals surface area contributed by atoms with Gasteiger partial charge < -0.3 is 26.2 Å². The predicted octanol–water partition coefficient (Wildman–Crippen LogP) is 4.22. The van der Waals surface area contributed by atoms with Gasteiger partial charge in [0.25, 0.3) is 0 Å². The largest absolute Gasteiger partial charge is 0.342 e. The zero-order chi connectivity index (χ0) is 32.9. The Bertz CT molecular complexity index is 1730. The van der Waals surface area contributed by atoms with Gasteiger partial charge in [0.05, 0.1) is 12.6 Å². The molecule has 48 heavy (non-hydrogen) atoms. The van der Waals surface area contributed by atoms with Gasteiger partial charge in [0.15, 0.2) is 0 Å². The van der Waals surface area contributed by atoms with Crippen molar-refractivity contribution in [2.75, 3.05) is 26.2 Å². The van der Waals surface area contributed by atoms with Crippen molar-refractivity contribution in [2.24, 2.45) is 5.92 Å². The fourth-order valence-corrected chi connectivity index (χ4v) is 7.16. The second-order valence-electron chi connectivity index (χ2n) is 13.7. The first-order chi connectivity index (χ1) is 23.5. The molecule has 4 aromatic rings. The highest BCUT2D eigenvalue weighted by atomic mass is 16.2. The van der Waals surface area contributed by atoms with E-state index >= 15 is 0 Å². The molecule has 4 N–H and O–H groups in total. The lowest BCUT2D eigenvalue weighted by atomic mass is 9.90. The van der Waals surface area contributed by atoms with Crippen LogP contribution in [0.25, 0.3) is 21.9 Å².